The van der Waals surface area contributed by atoms with Crippen LogP contribution >= 0.6 is 0 Å². The van der Waals surface area contributed by atoms with Crippen LogP contribution in [0.1, 0.15) is 39.2 Å². The van der Waals surface area contributed by atoms with E-state index in [0.717, 1.165) is 12.8 Å². The third-order valence-electron chi connectivity index (χ3n) is 3.20. The lowest BCUT2D eigenvalue weighted by Crippen LogP contribution is -2.32. The lowest BCUT2D eigenvalue weighted by Gasteiger charge is -2.32. The molecular weight excluding hydrogens is 191 g/mol. The lowest BCUT2D eigenvalue weighted by molar-refractivity contribution is -0.0125. The fourth-order valence-electron chi connectivity index (χ4n) is 2.18. The van der Waals surface area contributed by atoms with Crippen LogP contribution in [0.3, 0.4) is 0 Å². The highest BCUT2D eigenvalue weighted by Gasteiger charge is 2.33. The number of aliphatic hydroxyl groups is 1. The molecule has 0 fully saturated rings. The molecule has 0 saturated carbocycles. The first-order valence-electron chi connectivity index (χ1n) is 5.51. The van der Waals surface area contributed by atoms with E-state index in [1.165, 1.54) is 6.07 Å². The molecule has 0 aliphatic carbocycles. The number of halogens is 1. The SMILES string of the molecule is CCC(CC)C(C)(O)c1ccccc1F. The highest BCUT2D eigenvalue weighted by atomic mass is 19.1. The zero-order chi connectivity index (χ0) is 11.5. The summed E-state index contributed by atoms with van der Waals surface area (Å²) >= 11 is 0. The van der Waals surface area contributed by atoms with Crippen molar-refractivity contribution in [3.63, 3.8) is 0 Å². The largest absolute Gasteiger partial charge is 0.385 e. The van der Waals surface area contributed by atoms with Gasteiger partial charge in [0.2, 0.25) is 0 Å². The van der Waals surface area contributed by atoms with Crippen LogP contribution in [-0.2, 0) is 5.60 Å². The number of hydrogen-bond donors (Lipinski definition) is 1. The third-order valence-corrected chi connectivity index (χ3v) is 3.20. The molecule has 1 aromatic carbocycles. The minimum Gasteiger partial charge on any atom is -0.385 e. The normalized spacial score (nSPS) is 15.3. The van der Waals surface area contributed by atoms with Gasteiger partial charge in [-0.05, 0) is 18.9 Å². The summed E-state index contributed by atoms with van der Waals surface area (Å²) in [5, 5.41) is 10.4. The van der Waals surface area contributed by atoms with Crippen molar-refractivity contribution in [3.05, 3.63) is 35.6 Å². The van der Waals surface area contributed by atoms with Crippen LogP contribution in [0.25, 0.3) is 0 Å². The molecular formula is C13H19FO. The van der Waals surface area contributed by atoms with Gasteiger partial charge >= 0.3 is 0 Å². The van der Waals surface area contributed by atoms with E-state index in [-0.39, 0.29) is 11.7 Å². The van der Waals surface area contributed by atoms with Crippen molar-refractivity contribution in [2.45, 2.75) is 39.2 Å². The maximum Gasteiger partial charge on any atom is 0.129 e. The molecule has 1 aromatic rings. The van der Waals surface area contributed by atoms with Gasteiger partial charge in [-0.25, -0.2) is 4.39 Å². The predicted molar refractivity (Wildman–Crippen MR) is 60.0 cm³/mol. The van der Waals surface area contributed by atoms with Crippen molar-refractivity contribution < 1.29 is 9.50 Å². The highest BCUT2D eigenvalue weighted by Crippen LogP contribution is 2.34. The zero-order valence-corrected chi connectivity index (χ0v) is 9.63. The molecule has 0 bridgehead atoms. The Kier molecular flexibility index (Phi) is 3.86. The minimum absolute atomic E-state index is 0.0920. The maximum atomic E-state index is 13.6. The molecule has 1 rings (SSSR count). The van der Waals surface area contributed by atoms with Crippen LogP contribution in [0.15, 0.2) is 24.3 Å². The van der Waals surface area contributed by atoms with Gasteiger partial charge in [-0.1, -0.05) is 44.9 Å². The van der Waals surface area contributed by atoms with Crippen molar-refractivity contribution >= 4 is 0 Å². The van der Waals surface area contributed by atoms with Gasteiger partial charge in [0.25, 0.3) is 0 Å². The second kappa shape index (κ2) is 4.75. The van der Waals surface area contributed by atoms with E-state index < -0.39 is 5.60 Å². The molecule has 0 aliphatic rings. The van der Waals surface area contributed by atoms with E-state index in [0.29, 0.717) is 5.56 Å². The zero-order valence-electron chi connectivity index (χ0n) is 9.63. The molecule has 1 nitrogen and oxygen atoms in total. The molecule has 1 N–H and O–H groups in total. The molecule has 84 valence electrons. The molecule has 0 heterocycles. The van der Waals surface area contributed by atoms with Crippen LogP contribution < -0.4 is 0 Å². The molecule has 0 aliphatic heterocycles. The summed E-state index contributed by atoms with van der Waals surface area (Å²) in [6.45, 7) is 5.73. The Labute approximate surface area is 90.9 Å². The molecule has 1 unspecified atom stereocenters. The first-order valence-corrected chi connectivity index (χ1v) is 5.51. The van der Waals surface area contributed by atoms with E-state index >= 15 is 0 Å². The monoisotopic (exact) mass is 210 g/mol. The van der Waals surface area contributed by atoms with Crippen LogP contribution in [-0.4, -0.2) is 5.11 Å². The Bertz CT molecular complexity index is 316. The molecule has 0 radical (unpaired) electrons. The Morgan fingerprint density at radius 1 is 1.27 bits per heavy atom. The molecule has 0 aromatic heterocycles. The summed E-state index contributed by atoms with van der Waals surface area (Å²) in [6.07, 6.45) is 1.69. The Balaban J connectivity index is 3.09. The average Bonchev–Trinajstić information content (AvgIpc) is 2.19. The fraction of sp³-hybridized carbons (Fsp3) is 0.538. The molecule has 2 heteroatoms. The smallest absolute Gasteiger partial charge is 0.129 e. The highest BCUT2D eigenvalue weighted by molar-refractivity contribution is 5.24. The number of rotatable bonds is 4. The average molecular weight is 210 g/mol. The van der Waals surface area contributed by atoms with Crippen molar-refractivity contribution in [1.29, 1.82) is 0 Å². The van der Waals surface area contributed by atoms with E-state index in [9.17, 15) is 9.50 Å². The maximum absolute atomic E-state index is 13.6. The quantitative estimate of drug-likeness (QED) is 0.806. The van der Waals surface area contributed by atoms with Crippen molar-refractivity contribution in [2.24, 2.45) is 5.92 Å². The molecule has 1 atom stereocenters. The second-order valence-corrected chi connectivity index (χ2v) is 4.14. The van der Waals surface area contributed by atoms with Crippen molar-refractivity contribution in [1.82, 2.24) is 0 Å². The Hall–Kier alpha value is -0.890. The van der Waals surface area contributed by atoms with E-state index in [4.69, 9.17) is 0 Å². The van der Waals surface area contributed by atoms with Gasteiger partial charge in [0.15, 0.2) is 0 Å². The molecule has 15 heavy (non-hydrogen) atoms. The van der Waals surface area contributed by atoms with Gasteiger partial charge in [0, 0.05) is 5.56 Å². The van der Waals surface area contributed by atoms with E-state index in [1.807, 2.05) is 13.8 Å². The Morgan fingerprint density at radius 2 is 1.80 bits per heavy atom. The van der Waals surface area contributed by atoms with Gasteiger partial charge in [-0.15, -0.1) is 0 Å². The first kappa shape index (κ1) is 12.2. The minimum atomic E-state index is -1.07. The molecule has 0 spiro atoms. The Morgan fingerprint density at radius 3 is 2.27 bits per heavy atom. The third kappa shape index (κ3) is 2.37. The second-order valence-electron chi connectivity index (χ2n) is 4.14. The molecule has 0 amide bonds. The summed E-state index contributed by atoms with van der Waals surface area (Å²) in [5.41, 5.74) is -0.673. The lowest BCUT2D eigenvalue weighted by atomic mass is 9.79. The van der Waals surface area contributed by atoms with Gasteiger partial charge in [-0.2, -0.15) is 0 Å². The standard InChI is InChI=1S/C13H19FO/c1-4-10(5-2)13(3,15)11-8-6-7-9-12(11)14/h6-10,15H,4-5H2,1-3H3. The summed E-state index contributed by atoms with van der Waals surface area (Å²) in [7, 11) is 0. The van der Waals surface area contributed by atoms with Crippen LogP contribution in [0, 0.1) is 11.7 Å². The first-order chi connectivity index (χ1) is 7.04. The van der Waals surface area contributed by atoms with Gasteiger partial charge in [0.1, 0.15) is 5.82 Å². The van der Waals surface area contributed by atoms with Gasteiger partial charge < -0.3 is 5.11 Å². The summed E-state index contributed by atoms with van der Waals surface area (Å²) in [5.74, 6) is -0.233. The van der Waals surface area contributed by atoms with Gasteiger partial charge in [-0.3, -0.25) is 0 Å². The number of hydrogen-bond acceptors (Lipinski definition) is 1. The molecule has 0 saturated heterocycles. The van der Waals surface area contributed by atoms with E-state index in [2.05, 4.69) is 0 Å². The van der Waals surface area contributed by atoms with Crippen molar-refractivity contribution in [3.8, 4) is 0 Å². The topological polar surface area (TPSA) is 20.2 Å². The van der Waals surface area contributed by atoms with Crippen molar-refractivity contribution in [2.75, 3.05) is 0 Å². The predicted octanol–water partition coefficient (Wildman–Crippen LogP) is 3.47. The fourth-order valence-corrected chi connectivity index (χ4v) is 2.18. The van der Waals surface area contributed by atoms with Crippen LogP contribution in [0.4, 0.5) is 4.39 Å². The summed E-state index contributed by atoms with van der Waals surface area (Å²) < 4.78 is 13.6. The van der Waals surface area contributed by atoms with Crippen LogP contribution in [0.5, 0.6) is 0 Å². The van der Waals surface area contributed by atoms with Crippen LogP contribution in [0.2, 0.25) is 0 Å². The number of benzene rings is 1. The van der Waals surface area contributed by atoms with Gasteiger partial charge in [0.05, 0.1) is 5.60 Å². The summed E-state index contributed by atoms with van der Waals surface area (Å²) in [6, 6.07) is 6.46. The summed E-state index contributed by atoms with van der Waals surface area (Å²) in [4.78, 5) is 0. The van der Waals surface area contributed by atoms with E-state index in [1.54, 1.807) is 25.1 Å².